The van der Waals surface area contributed by atoms with Crippen molar-refractivity contribution in [2.75, 3.05) is 0 Å². The Hall–Kier alpha value is -2.32. The molecule has 3 rings (SSSR count). The molecule has 1 amide bonds. The second-order valence-corrected chi connectivity index (χ2v) is 6.12. The molecule has 1 heterocycles. The van der Waals surface area contributed by atoms with Gasteiger partial charge < -0.3 is 5.32 Å². The van der Waals surface area contributed by atoms with Gasteiger partial charge in [0.05, 0.1) is 12.1 Å². The molecule has 1 aromatic heterocycles. The summed E-state index contributed by atoms with van der Waals surface area (Å²) in [6.45, 7) is 0. The highest BCUT2D eigenvalue weighted by molar-refractivity contribution is 6.30. The molecule has 1 saturated carbocycles. The summed E-state index contributed by atoms with van der Waals surface area (Å²) < 4.78 is 1.79. The zero-order valence-electron chi connectivity index (χ0n) is 12.6. The molecule has 118 valence electrons. The van der Waals surface area contributed by atoms with Crippen LogP contribution in [0.4, 0.5) is 0 Å². The Kier molecular flexibility index (Phi) is 4.63. The zero-order valence-corrected chi connectivity index (χ0v) is 13.3. The summed E-state index contributed by atoms with van der Waals surface area (Å²) in [6.07, 6.45) is 6.05. The molecule has 1 aliphatic carbocycles. The number of nitriles is 1. The van der Waals surface area contributed by atoms with Crippen LogP contribution in [-0.4, -0.2) is 15.7 Å². The number of halogens is 1. The van der Waals surface area contributed by atoms with Crippen LogP contribution >= 0.6 is 11.6 Å². The highest BCUT2D eigenvalue weighted by atomic mass is 35.5. The molecule has 5 nitrogen and oxygen atoms in total. The maximum absolute atomic E-state index is 12.5. The second kappa shape index (κ2) is 6.84. The summed E-state index contributed by atoms with van der Waals surface area (Å²) in [5.41, 5.74) is 1.21. The summed E-state index contributed by atoms with van der Waals surface area (Å²) in [5.74, 6) is -0.282. The average molecular weight is 329 g/mol. The lowest BCUT2D eigenvalue weighted by atomic mass is 10.1. The molecule has 1 atom stereocenters. The Morgan fingerprint density at radius 2 is 2.00 bits per heavy atom. The van der Waals surface area contributed by atoms with Crippen LogP contribution in [0.25, 0.3) is 0 Å². The van der Waals surface area contributed by atoms with Crippen molar-refractivity contribution < 1.29 is 4.79 Å². The second-order valence-electron chi connectivity index (χ2n) is 5.69. The van der Waals surface area contributed by atoms with Gasteiger partial charge in [0, 0.05) is 11.2 Å². The summed E-state index contributed by atoms with van der Waals surface area (Å²) in [6, 6.07) is 10.3. The number of hydrogen-bond donors (Lipinski definition) is 1. The molecule has 1 fully saturated rings. The van der Waals surface area contributed by atoms with Gasteiger partial charge >= 0.3 is 0 Å². The van der Waals surface area contributed by atoms with Crippen molar-refractivity contribution in [1.29, 1.82) is 5.26 Å². The molecular weight excluding hydrogens is 312 g/mol. The number of benzene rings is 1. The first kappa shape index (κ1) is 15.6. The molecule has 0 unspecified atom stereocenters. The van der Waals surface area contributed by atoms with Gasteiger partial charge in [0.25, 0.3) is 5.91 Å². The van der Waals surface area contributed by atoms with E-state index in [2.05, 4.69) is 16.5 Å². The first-order chi connectivity index (χ1) is 11.2. The number of rotatable bonds is 4. The van der Waals surface area contributed by atoms with Crippen molar-refractivity contribution in [3.05, 3.63) is 52.8 Å². The first-order valence-electron chi connectivity index (χ1n) is 7.68. The monoisotopic (exact) mass is 328 g/mol. The Morgan fingerprint density at radius 3 is 2.65 bits per heavy atom. The molecular formula is C17H17ClN4O. The van der Waals surface area contributed by atoms with Crippen LogP contribution in [0.2, 0.25) is 5.02 Å². The van der Waals surface area contributed by atoms with E-state index in [-0.39, 0.29) is 11.9 Å². The van der Waals surface area contributed by atoms with Crippen LogP contribution in [0.3, 0.4) is 0 Å². The van der Waals surface area contributed by atoms with Gasteiger partial charge in [0.15, 0.2) is 0 Å². The Balaban J connectivity index is 1.77. The van der Waals surface area contributed by atoms with Crippen LogP contribution in [0.15, 0.2) is 36.5 Å². The van der Waals surface area contributed by atoms with Crippen molar-refractivity contribution in [2.24, 2.45) is 0 Å². The van der Waals surface area contributed by atoms with Gasteiger partial charge in [0.2, 0.25) is 0 Å². The number of nitrogens with zero attached hydrogens (tertiary/aromatic N) is 3. The third kappa shape index (κ3) is 3.38. The molecule has 0 radical (unpaired) electrons. The van der Waals surface area contributed by atoms with Gasteiger partial charge in [-0.2, -0.15) is 10.4 Å². The minimum Gasteiger partial charge on any atom is -0.331 e. The summed E-state index contributed by atoms with van der Waals surface area (Å²) in [4.78, 5) is 12.5. The van der Waals surface area contributed by atoms with E-state index in [4.69, 9.17) is 11.6 Å². The number of nitrogens with one attached hydrogen (secondary N) is 1. The summed E-state index contributed by atoms with van der Waals surface area (Å²) >= 11 is 5.86. The number of hydrogen-bond acceptors (Lipinski definition) is 3. The van der Waals surface area contributed by atoms with Gasteiger partial charge in [-0.3, -0.25) is 9.48 Å². The SMILES string of the molecule is N#C[C@H](NC(=O)c1ccnn1C1CCCC1)c1ccc(Cl)cc1. The summed E-state index contributed by atoms with van der Waals surface area (Å²) in [7, 11) is 0. The Labute approximate surface area is 139 Å². The first-order valence-corrected chi connectivity index (χ1v) is 8.06. The highest BCUT2D eigenvalue weighted by Crippen LogP contribution is 2.29. The van der Waals surface area contributed by atoms with Gasteiger partial charge in [-0.1, -0.05) is 36.6 Å². The smallest absolute Gasteiger partial charge is 0.270 e. The van der Waals surface area contributed by atoms with Crippen molar-refractivity contribution in [3.63, 3.8) is 0 Å². The van der Waals surface area contributed by atoms with Crippen LogP contribution in [0, 0.1) is 11.3 Å². The van der Waals surface area contributed by atoms with E-state index in [0.29, 0.717) is 16.3 Å². The molecule has 2 aromatic rings. The van der Waals surface area contributed by atoms with E-state index in [9.17, 15) is 10.1 Å². The van der Waals surface area contributed by atoms with E-state index in [1.54, 1.807) is 41.2 Å². The van der Waals surface area contributed by atoms with Gasteiger partial charge in [-0.15, -0.1) is 0 Å². The number of amides is 1. The fourth-order valence-corrected chi connectivity index (χ4v) is 3.11. The molecule has 6 heteroatoms. The minimum absolute atomic E-state index is 0.279. The lowest BCUT2D eigenvalue weighted by Crippen LogP contribution is -2.30. The van der Waals surface area contributed by atoms with Crippen molar-refractivity contribution in [2.45, 2.75) is 37.8 Å². The highest BCUT2D eigenvalue weighted by Gasteiger charge is 2.24. The normalized spacial score (nSPS) is 16.0. The molecule has 0 aliphatic heterocycles. The Bertz CT molecular complexity index is 726. The van der Waals surface area contributed by atoms with E-state index in [1.807, 2.05) is 0 Å². The van der Waals surface area contributed by atoms with Crippen LogP contribution in [0.5, 0.6) is 0 Å². The summed E-state index contributed by atoms with van der Waals surface area (Å²) in [5, 5.41) is 17.0. The predicted molar refractivity (Wildman–Crippen MR) is 87.0 cm³/mol. The van der Waals surface area contributed by atoms with Crippen molar-refractivity contribution in [1.82, 2.24) is 15.1 Å². The van der Waals surface area contributed by atoms with Crippen molar-refractivity contribution in [3.8, 4) is 6.07 Å². The van der Waals surface area contributed by atoms with E-state index < -0.39 is 6.04 Å². The number of aromatic nitrogens is 2. The van der Waals surface area contributed by atoms with Gasteiger partial charge in [-0.05, 0) is 36.6 Å². The largest absolute Gasteiger partial charge is 0.331 e. The maximum atomic E-state index is 12.5. The molecule has 1 aromatic carbocycles. The van der Waals surface area contributed by atoms with Crippen molar-refractivity contribution >= 4 is 17.5 Å². The van der Waals surface area contributed by atoms with E-state index in [0.717, 1.165) is 25.7 Å². The zero-order chi connectivity index (χ0) is 16.2. The molecule has 0 bridgehead atoms. The number of carbonyl (C=O) groups is 1. The lowest BCUT2D eigenvalue weighted by Gasteiger charge is -2.16. The fourth-order valence-electron chi connectivity index (χ4n) is 2.98. The topological polar surface area (TPSA) is 70.7 Å². The molecule has 1 aliphatic rings. The van der Waals surface area contributed by atoms with E-state index >= 15 is 0 Å². The third-order valence-electron chi connectivity index (χ3n) is 4.18. The predicted octanol–water partition coefficient (Wildman–Crippen LogP) is 3.65. The molecule has 23 heavy (non-hydrogen) atoms. The van der Waals surface area contributed by atoms with Crippen LogP contribution in [0.1, 0.15) is 53.8 Å². The Morgan fingerprint density at radius 1 is 1.30 bits per heavy atom. The third-order valence-corrected chi connectivity index (χ3v) is 4.43. The maximum Gasteiger partial charge on any atom is 0.270 e. The van der Waals surface area contributed by atoms with Gasteiger partial charge in [-0.25, -0.2) is 0 Å². The average Bonchev–Trinajstić information content (AvgIpc) is 3.23. The number of carbonyl (C=O) groups excluding carboxylic acids is 1. The van der Waals surface area contributed by atoms with Gasteiger partial charge in [0.1, 0.15) is 11.7 Å². The van der Waals surface area contributed by atoms with Crippen LogP contribution < -0.4 is 5.32 Å². The quantitative estimate of drug-likeness (QED) is 0.931. The molecule has 0 saturated heterocycles. The molecule has 0 spiro atoms. The molecule has 1 N–H and O–H groups in total. The minimum atomic E-state index is -0.716. The van der Waals surface area contributed by atoms with E-state index in [1.165, 1.54) is 0 Å². The fraction of sp³-hybridized carbons (Fsp3) is 0.353. The lowest BCUT2D eigenvalue weighted by molar-refractivity contribution is 0.0931. The van der Waals surface area contributed by atoms with Crippen LogP contribution in [-0.2, 0) is 0 Å². The standard InChI is InChI=1S/C17H17ClN4O/c18-13-7-5-12(6-8-13)15(11-19)21-17(23)16-9-10-20-22(16)14-3-1-2-4-14/h5-10,14-15H,1-4H2,(H,21,23)/t15-/m0/s1.